The van der Waals surface area contributed by atoms with Crippen LogP contribution >= 0.6 is 0 Å². The van der Waals surface area contributed by atoms with Crippen molar-refractivity contribution in [1.82, 2.24) is 10.2 Å². The summed E-state index contributed by atoms with van der Waals surface area (Å²) in [6.07, 6.45) is 4.00. The van der Waals surface area contributed by atoms with Gasteiger partial charge in [0.15, 0.2) is 0 Å². The van der Waals surface area contributed by atoms with Crippen LogP contribution in [0.2, 0.25) is 0 Å². The van der Waals surface area contributed by atoms with Gasteiger partial charge in [-0.2, -0.15) is 0 Å². The van der Waals surface area contributed by atoms with Gasteiger partial charge < -0.3 is 14.6 Å². The SMILES string of the molecule is Cc1oc2ccccc2c1CNCCCN1CCCC1. The summed E-state index contributed by atoms with van der Waals surface area (Å²) in [4.78, 5) is 2.57. The first-order valence-electron chi connectivity index (χ1n) is 7.74. The quantitative estimate of drug-likeness (QED) is 0.818. The molecule has 2 heterocycles. The molecular formula is C17H24N2O. The van der Waals surface area contributed by atoms with Gasteiger partial charge in [-0.1, -0.05) is 18.2 Å². The molecule has 0 amide bonds. The molecule has 0 saturated carbocycles. The molecule has 20 heavy (non-hydrogen) atoms. The molecule has 1 fully saturated rings. The number of para-hydroxylation sites is 1. The Morgan fingerprint density at radius 2 is 2.00 bits per heavy atom. The fraction of sp³-hybridized carbons (Fsp3) is 0.529. The van der Waals surface area contributed by atoms with Crippen molar-refractivity contribution in [3.8, 4) is 0 Å². The molecule has 3 heteroatoms. The normalized spacial score (nSPS) is 16.2. The minimum atomic E-state index is 0.906. The molecule has 3 rings (SSSR count). The predicted octanol–water partition coefficient (Wildman–Crippen LogP) is 3.32. The number of benzene rings is 1. The molecule has 3 nitrogen and oxygen atoms in total. The Kier molecular flexibility index (Phi) is 4.38. The van der Waals surface area contributed by atoms with Gasteiger partial charge >= 0.3 is 0 Å². The van der Waals surface area contributed by atoms with Crippen molar-refractivity contribution in [3.05, 3.63) is 35.6 Å². The lowest BCUT2D eigenvalue weighted by molar-refractivity contribution is 0.331. The fourth-order valence-corrected chi connectivity index (χ4v) is 3.09. The van der Waals surface area contributed by atoms with E-state index in [2.05, 4.69) is 29.3 Å². The Balaban J connectivity index is 1.48. The summed E-state index contributed by atoms with van der Waals surface area (Å²) in [6.45, 7) is 7.87. The zero-order valence-electron chi connectivity index (χ0n) is 12.3. The van der Waals surface area contributed by atoms with Crippen LogP contribution in [0.1, 0.15) is 30.6 Å². The van der Waals surface area contributed by atoms with Crippen molar-refractivity contribution in [2.75, 3.05) is 26.2 Å². The highest BCUT2D eigenvalue weighted by molar-refractivity contribution is 5.82. The fourth-order valence-electron chi connectivity index (χ4n) is 3.09. The van der Waals surface area contributed by atoms with Crippen LogP contribution in [0.5, 0.6) is 0 Å². The zero-order chi connectivity index (χ0) is 13.8. The lowest BCUT2D eigenvalue weighted by Crippen LogP contribution is -2.24. The first-order chi connectivity index (χ1) is 9.84. The Morgan fingerprint density at radius 1 is 1.20 bits per heavy atom. The van der Waals surface area contributed by atoms with Crippen molar-refractivity contribution in [2.45, 2.75) is 32.7 Å². The summed E-state index contributed by atoms with van der Waals surface area (Å²) in [7, 11) is 0. The van der Waals surface area contributed by atoms with Gasteiger partial charge in [-0.3, -0.25) is 0 Å². The molecule has 0 unspecified atom stereocenters. The first kappa shape index (κ1) is 13.7. The molecule has 1 aromatic carbocycles. The van der Waals surface area contributed by atoms with E-state index in [0.29, 0.717) is 0 Å². The van der Waals surface area contributed by atoms with E-state index in [0.717, 1.165) is 24.4 Å². The van der Waals surface area contributed by atoms with Gasteiger partial charge in [0.05, 0.1) is 0 Å². The monoisotopic (exact) mass is 272 g/mol. The Hall–Kier alpha value is -1.32. The Bertz CT molecular complexity index is 555. The topological polar surface area (TPSA) is 28.4 Å². The van der Waals surface area contributed by atoms with Crippen LogP contribution in [0.3, 0.4) is 0 Å². The highest BCUT2D eigenvalue weighted by atomic mass is 16.3. The lowest BCUT2D eigenvalue weighted by atomic mass is 10.1. The van der Waals surface area contributed by atoms with Gasteiger partial charge in [-0.05, 0) is 58.4 Å². The van der Waals surface area contributed by atoms with E-state index in [4.69, 9.17) is 4.42 Å². The third kappa shape index (κ3) is 3.05. The standard InChI is InChI=1S/C17H24N2O/c1-14-16(15-7-2-3-8-17(15)20-14)13-18-9-6-12-19-10-4-5-11-19/h2-3,7-8,18H,4-6,9-13H2,1H3. The second-order valence-electron chi connectivity index (χ2n) is 5.71. The number of rotatable bonds is 6. The Morgan fingerprint density at radius 3 is 2.85 bits per heavy atom. The van der Waals surface area contributed by atoms with Crippen LogP contribution in [0, 0.1) is 6.92 Å². The summed E-state index contributed by atoms with van der Waals surface area (Å²) in [6, 6.07) is 8.29. The minimum Gasteiger partial charge on any atom is -0.461 e. The van der Waals surface area contributed by atoms with Gasteiger partial charge in [-0.15, -0.1) is 0 Å². The predicted molar refractivity (Wildman–Crippen MR) is 82.9 cm³/mol. The third-order valence-electron chi connectivity index (χ3n) is 4.23. The maximum absolute atomic E-state index is 5.79. The summed E-state index contributed by atoms with van der Waals surface area (Å²) >= 11 is 0. The number of nitrogens with one attached hydrogen (secondary N) is 1. The first-order valence-corrected chi connectivity index (χ1v) is 7.74. The van der Waals surface area contributed by atoms with E-state index in [9.17, 15) is 0 Å². The van der Waals surface area contributed by atoms with E-state index in [-0.39, 0.29) is 0 Å². The average molecular weight is 272 g/mol. The van der Waals surface area contributed by atoms with Gasteiger partial charge in [0.2, 0.25) is 0 Å². The van der Waals surface area contributed by atoms with Gasteiger partial charge in [0.1, 0.15) is 11.3 Å². The molecule has 1 N–H and O–H groups in total. The number of likely N-dealkylation sites (tertiary alicyclic amines) is 1. The molecule has 1 aromatic heterocycles. The van der Waals surface area contributed by atoms with Crippen LogP contribution in [0.15, 0.2) is 28.7 Å². The molecule has 0 bridgehead atoms. The molecule has 108 valence electrons. The molecule has 1 aliphatic heterocycles. The maximum atomic E-state index is 5.79. The van der Waals surface area contributed by atoms with Crippen molar-refractivity contribution in [3.63, 3.8) is 0 Å². The van der Waals surface area contributed by atoms with Gasteiger partial charge in [0.25, 0.3) is 0 Å². The minimum absolute atomic E-state index is 0.906. The lowest BCUT2D eigenvalue weighted by Gasteiger charge is -2.14. The van der Waals surface area contributed by atoms with E-state index in [1.54, 1.807) is 0 Å². The zero-order valence-corrected chi connectivity index (χ0v) is 12.3. The molecular weight excluding hydrogens is 248 g/mol. The number of hydrogen-bond donors (Lipinski definition) is 1. The average Bonchev–Trinajstić information content (AvgIpc) is 3.06. The number of hydrogen-bond acceptors (Lipinski definition) is 3. The molecule has 1 saturated heterocycles. The van der Waals surface area contributed by atoms with E-state index in [1.165, 1.54) is 49.8 Å². The van der Waals surface area contributed by atoms with Gasteiger partial charge in [0, 0.05) is 17.5 Å². The van der Waals surface area contributed by atoms with Crippen LogP contribution in [-0.2, 0) is 6.54 Å². The number of furan rings is 1. The molecule has 0 spiro atoms. The van der Waals surface area contributed by atoms with Crippen LogP contribution in [0.4, 0.5) is 0 Å². The van der Waals surface area contributed by atoms with Gasteiger partial charge in [-0.25, -0.2) is 0 Å². The molecule has 2 aromatic rings. The number of fused-ring (bicyclic) bond motifs is 1. The number of nitrogens with zero attached hydrogens (tertiary/aromatic N) is 1. The van der Waals surface area contributed by atoms with Crippen molar-refractivity contribution in [1.29, 1.82) is 0 Å². The van der Waals surface area contributed by atoms with Crippen molar-refractivity contribution >= 4 is 11.0 Å². The van der Waals surface area contributed by atoms with Crippen molar-refractivity contribution < 1.29 is 4.42 Å². The summed E-state index contributed by atoms with van der Waals surface area (Å²) < 4.78 is 5.79. The highest BCUT2D eigenvalue weighted by Gasteiger charge is 2.11. The van der Waals surface area contributed by atoms with Crippen molar-refractivity contribution in [2.24, 2.45) is 0 Å². The van der Waals surface area contributed by atoms with E-state index in [1.807, 2.05) is 12.1 Å². The maximum Gasteiger partial charge on any atom is 0.134 e. The summed E-state index contributed by atoms with van der Waals surface area (Å²) in [5, 5.41) is 4.81. The summed E-state index contributed by atoms with van der Waals surface area (Å²) in [5.41, 5.74) is 2.31. The largest absolute Gasteiger partial charge is 0.461 e. The third-order valence-corrected chi connectivity index (χ3v) is 4.23. The number of aryl methyl sites for hydroxylation is 1. The molecule has 0 radical (unpaired) electrons. The Labute approximate surface area is 120 Å². The van der Waals surface area contributed by atoms with E-state index < -0.39 is 0 Å². The van der Waals surface area contributed by atoms with E-state index >= 15 is 0 Å². The summed E-state index contributed by atoms with van der Waals surface area (Å²) in [5.74, 6) is 1.04. The molecule has 0 atom stereocenters. The molecule has 0 aliphatic carbocycles. The van der Waals surface area contributed by atoms with Crippen LogP contribution in [-0.4, -0.2) is 31.1 Å². The second kappa shape index (κ2) is 6.42. The highest BCUT2D eigenvalue weighted by Crippen LogP contribution is 2.24. The van der Waals surface area contributed by atoms with Crippen LogP contribution < -0.4 is 5.32 Å². The van der Waals surface area contributed by atoms with Crippen LogP contribution in [0.25, 0.3) is 11.0 Å². The second-order valence-corrected chi connectivity index (χ2v) is 5.71. The molecule has 1 aliphatic rings. The smallest absolute Gasteiger partial charge is 0.134 e.